The molecule has 1 amide bonds. The van der Waals surface area contributed by atoms with E-state index >= 15 is 0 Å². The summed E-state index contributed by atoms with van der Waals surface area (Å²) in [4.78, 5) is 29.2. The minimum Gasteiger partial charge on any atom is -0.477 e. The van der Waals surface area contributed by atoms with Crippen LogP contribution in [0.3, 0.4) is 0 Å². The Morgan fingerprint density at radius 2 is 1.74 bits per heavy atom. The zero-order chi connectivity index (χ0) is 24.0. The number of ether oxygens (including phenoxy) is 1. The second-order valence-electron chi connectivity index (χ2n) is 9.43. The average Bonchev–Trinajstić information content (AvgIpc) is 3.52. The van der Waals surface area contributed by atoms with Gasteiger partial charge in [0.25, 0.3) is 5.91 Å². The van der Waals surface area contributed by atoms with E-state index in [1.165, 1.54) is 0 Å². The maximum atomic E-state index is 13.6. The molecule has 2 aliphatic rings. The number of nitrogens with one attached hydrogen (secondary N) is 1. The molecule has 5 rings (SSSR count). The van der Waals surface area contributed by atoms with Crippen LogP contribution in [-0.4, -0.2) is 52.8 Å². The van der Waals surface area contributed by atoms with Gasteiger partial charge in [0.15, 0.2) is 5.60 Å². The maximum absolute atomic E-state index is 13.6. The first-order chi connectivity index (χ1) is 16.3. The minimum atomic E-state index is -0.973. The summed E-state index contributed by atoms with van der Waals surface area (Å²) in [5.74, 6) is 0.726. The van der Waals surface area contributed by atoms with Crippen LogP contribution in [0.4, 0.5) is 11.4 Å². The number of piperazine rings is 1. The molecule has 3 heterocycles. The lowest BCUT2D eigenvalue weighted by atomic mass is 9.91. The van der Waals surface area contributed by atoms with Crippen LogP contribution in [0.15, 0.2) is 41.7 Å². The van der Waals surface area contributed by atoms with Gasteiger partial charge in [0, 0.05) is 50.0 Å². The van der Waals surface area contributed by atoms with Crippen molar-refractivity contribution in [3.63, 3.8) is 0 Å². The molecule has 34 heavy (non-hydrogen) atoms. The summed E-state index contributed by atoms with van der Waals surface area (Å²) in [6.45, 7) is 10.3. The third kappa shape index (κ3) is 3.54. The Labute approximate surface area is 198 Å². The molecule has 2 aromatic carbocycles. The number of carbonyl (C=O) groups excluding carboxylic acids is 1. The second kappa shape index (κ2) is 8.27. The number of fused-ring (bicyclic) bond motifs is 1. The molecule has 0 radical (unpaired) electrons. The highest BCUT2D eigenvalue weighted by molar-refractivity contribution is 5.88. The van der Waals surface area contributed by atoms with Gasteiger partial charge >= 0.3 is 0 Å². The standard InChI is InChI=1S/C26H29N5O3/c1-16-17(2)24-21(18(3)23(16)29-33)15-26(4,34-24)25(32)31-13-11-30(12-14-31)20-7-5-19(6-8-20)22-9-10-27-28-22/h5-10H,11-15H2,1-4H3,(H,27,28). The van der Waals surface area contributed by atoms with Crippen LogP contribution in [-0.2, 0) is 11.2 Å². The topological polar surface area (TPSA) is 90.9 Å². The van der Waals surface area contributed by atoms with Crippen LogP contribution in [0, 0.1) is 25.7 Å². The lowest BCUT2D eigenvalue weighted by Gasteiger charge is -2.39. The molecule has 176 valence electrons. The van der Waals surface area contributed by atoms with Gasteiger partial charge in [0.1, 0.15) is 11.4 Å². The Morgan fingerprint density at radius 1 is 1.03 bits per heavy atom. The third-order valence-corrected chi connectivity index (χ3v) is 7.34. The van der Waals surface area contributed by atoms with E-state index < -0.39 is 5.60 Å². The average molecular weight is 460 g/mol. The Bertz CT molecular complexity index is 1240. The van der Waals surface area contributed by atoms with Crippen molar-refractivity contribution in [1.82, 2.24) is 15.1 Å². The van der Waals surface area contributed by atoms with Crippen molar-refractivity contribution >= 4 is 17.3 Å². The Morgan fingerprint density at radius 3 is 2.35 bits per heavy atom. The zero-order valence-corrected chi connectivity index (χ0v) is 20.0. The van der Waals surface area contributed by atoms with Crippen molar-refractivity contribution in [3.05, 3.63) is 63.7 Å². The first-order valence-corrected chi connectivity index (χ1v) is 11.6. The highest BCUT2D eigenvalue weighted by Crippen LogP contribution is 2.45. The van der Waals surface area contributed by atoms with Crippen molar-refractivity contribution in [1.29, 1.82) is 0 Å². The lowest BCUT2D eigenvalue weighted by Crippen LogP contribution is -2.56. The van der Waals surface area contributed by atoms with Crippen molar-refractivity contribution in [2.75, 3.05) is 31.1 Å². The van der Waals surface area contributed by atoms with E-state index in [2.05, 4.69) is 44.5 Å². The van der Waals surface area contributed by atoms with Crippen LogP contribution >= 0.6 is 0 Å². The fraction of sp³-hybridized carbons (Fsp3) is 0.385. The Balaban J connectivity index is 1.27. The predicted molar refractivity (Wildman–Crippen MR) is 132 cm³/mol. The molecule has 0 aliphatic carbocycles. The van der Waals surface area contributed by atoms with Crippen molar-refractivity contribution in [2.24, 2.45) is 5.18 Å². The third-order valence-electron chi connectivity index (χ3n) is 7.34. The number of aromatic amines is 1. The summed E-state index contributed by atoms with van der Waals surface area (Å²) >= 11 is 0. The van der Waals surface area contributed by atoms with Gasteiger partial charge < -0.3 is 14.5 Å². The van der Waals surface area contributed by atoms with Crippen LogP contribution in [0.25, 0.3) is 11.3 Å². The van der Waals surface area contributed by atoms with Crippen LogP contribution in [0.2, 0.25) is 0 Å². The number of nitrogens with zero attached hydrogens (tertiary/aromatic N) is 4. The Hall–Kier alpha value is -3.68. The minimum absolute atomic E-state index is 0.00462. The highest BCUT2D eigenvalue weighted by Gasteiger charge is 2.46. The number of benzene rings is 2. The van der Waals surface area contributed by atoms with Gasteiger partial charge in [-0.1, -0.05) is 12.1 Å². The number of nitroso groups, excluding NO2 is 1. The van der Waals surface area contributed by atoms with Gasteiger partial charge in [-0.3, -0.25) is 9.89 Å². The molecule has 3 aromatic rings. The van der Waals surface area contributed by atoms with E-state index in [4.69, 9.17) is 4.74 Å². The largest absolute Gasteiger partial charge is 0.477 e. The molecule has 8 heteroatoms. The van der Waals surface area contributed by atoms with Gasteiger partial charge in [0.2, 0.25) is 0 Å². The van der Waals surface area contributed by atoms with Crippen LogP contribution in [0.1, 0.15) is 29.2 Å². The molecule has 1 saturated heterocycles. The molecular weight excluding hydrogens is 430 g/mol. The van der Waals surface area contributed by atoms with E-state index in [1.807, 2.05) is 38.7 Å². The number of anilines is 1. The summed E-state index contributed by atoms with van der Waals surface area (Å²) < 4.78 is 6.30. The molecule has 8 nitrogen and oxygen atoms in total. The quantitative estimate of drug-likeness (QED) is 0.583. The first-order valence-electron chi connectivity index (χ1n) is 11.6. The number of H-pyrrole nitrogens is 1. The van der Waals surface area contributed by atoms with Gasteiger partial charge in [-0.2, -0.15) is 5.10 Å². The SMILES string of the molecule is Cc1c(C)c2c(c(C)c1N=O)CC(C)(C(=O)N1CCN(c3ccc(-c4ccn[nH]4)cc3)CC1)O2. The fourth-order valence-corrected chi connectivity index (χ4v) is 5.15. The smallest absolute Gasteiger partial charge is 0.266 e. The normalized spacial score (nSPS) is 19.6. The molecule has 2 aliphatic heterocycles. The maximum Gasteiger partial charge on any atom is 0.266 e. The highest BCUT2D eigenvalue weighted by atomic mass is 16.5. The number of amides is 1. The van der Waals surface area contributed by atoms with Crippen molar-refractivity contribution in [3.8, 4) is 17.0 Å². The number of hydrogen-bond donors (Lipinski definition) is 1. The van der Waals surface area contributed by atoms with E-state index in [0.717, 1.165) is 58.0 Å². The number of carbonyl (C=O) groups is 1. The van der Waals surface area contributed by atoms with Gasteiger partial charge in [0.05, 0.1) is 5.69 Å². The first kappa shape index (κ1) is 22.1. The predicted octanol–water partition coefficient (Wildman–Crippen LogP) is 4.44. The second-order valence-corrected chi connectivity index (χ2v) is 9.43. The van der Waals surface area contributed by atoms with E-state index in [-0.39, 0.29) is 5.91 Å². The van der Waals surface area contributed by atoms with E-state index in [9.17, 15) is 9.70 Å². The van der Waals surface area contributed by atoms with E-state index in [0.29, 0.717) is 25.2 Å². The molecule has 0 saturated carbocycles. The van der Waals surface area contributed by atoms with Gasteiger partial charge in [-0.05, 0) is 73.3 Å². The molecular formula is C26H29N5O3. The fourth-order valence-electron chi connectivity index (χ4n) is 5.15. The van der Waals surface area contributed by atoms with Crippen LogP contribution < -0.4 is 9.64 Å². The molecule has 1 aromatic heterocycles. The van der Waals surface area contributed by atoms with E-state index in [1.54, 1.807) is 6.20 Å². The lowest BCUT2D eigenvalue weighted by molar-refractivity contribution is -0.145. The summed E-state index contributed by atoms with van der Waals surface area (Å²) in [5.41, 5.74) is 6.15. The molecule has 1 unspecified atom stereocenters. The Kier molecular flexibility index (Phi) is 5.38. The molecule has 1 atom stereocenters. The molecule has 1 fully saturated rings. The van der Waals surface area contributed by atoms with Gasteiger partial charge in [-0.25, -0.2) is 0 Å². The summed E-state index contributed by atoms with van der Waals surface area (Å²) in [7, 11) is 0. The number of hydrogen-bond acceptors (Lipinski definition) is 6. The van der Waals surface area contributed by atoms with Crippen molar-refractivity contribution in [2.45, 2.75) is 39.7 Å². The number of rotatable bonds is 4. The summed E-state index contributed by atoms with van der Waals surface area (Å²) in [6.07, 6.45) is 2.19. The molecule has 1 N–H and O–H groups in total. The monoisotopic (exact) mass is 459 g/mol. The van der Waals surface area contributed by atoms with Crippen LogP contribution in [0.5, 0.6) is 5.75 Å². The zero-order valence-electron chi connectivity index (χ0n) is 20.0. The molecule has 0 bridgehead atoms. The van der Waals surface area contributed by atoms with Crippen molar-refractivity contribution < 1.29 is 9.53 Å². The number of aromatic nitrogens is 2. The van der Waals surface area contributed by atoms with Gasteiger partial charge in [-0.15, -0.1) is 4.91 Å². The summed E-state index contributed by atoms with van der Waals surface area (Å²) in [6, 6.07) is 10.3. The summed E-state index contributed by atoms with van der Waals surface area (Å²) in [5, 5.41) is 10.2. The molecule has 0 spiro atoms.